The van der Waals surface area contributed by atoms with Crippen molar-refractivity contribution in [3.05, 3.63) is 35.9 Å². The van der Waals surface area contributed by atoms with Crippen LogP contribution in [-0.2, 0) is 23.9 Å². The molecule has 2 saturated carbocycles. The van der Waals surface area contributed by atoms with Crippen molar-refractivity contribution in [2.24, 2.45) is 29.4 Å². The summed E-state index contributed by atoms with van der Waals surface area (Å²) in [6.45, 7) is 4.87. The Morgan fingerprint density at radius 2 is 1.85 bits per heavy atom. The minimum Gasteiger partial charge on any atom is -0.505 e. The van der Waals surface area contributed by atoms with Crippen LogP contribution < -0.4 is 11.1 Å². The number of nitrogens with one attached hydrogen (secondary N) is 1. The summed E-state index contributed by atoms with van der Waals surface area (Å²) in [5.74, 6) is -14.5. The van der Waals surface area contributed by atoms with Crippen molar-refractivity contribution in [1.29, 1.82) is 0 Å². The Kier molecular flexibility index (Phi) is 6.96. The summed E-state index contributed by atoms with van der Waals surface area (Å²) in [6, 6.07) is 1.29. The normalized spacial score (nSPS) is 33.6. The number of aliphatic hydroxyl groups is 2. The number of phenols is 1. The van der Waals surface area contributed by atoms with E-state index >= 15 is 0 Å². The lowest BCUT2D eigenvalue weighted by molar-refractivity contribution is -0.196. The predicted octanol–water partition coefficient (Wildman–Crippen LogP) is -0.867. The molecule has 0 saturated heterocycles. The van der Waals surface area contributed by atoms with Crippen LogP contribution in [-0.4, -0.2) is 93.8 Å². The number of ether oxygens (including phenoxy) is 1. The SMILES string of the molecule is C=CCOC(=O)Nc1ccc2c(c1O)C(=O)C1C(=O)[C@]3(O)C(=O)C(C(N)=O)C(=O)[C@@H](N(C)C)[C@@H]3[C@@H](O)[C@@H]1[C@H]2C. The van der Waals surface area contributed by atoms with Gasteiger partial charge in [-0.15, -0.1) is 0 Å². The average Bonchev–Trinajstić information content (AvgIpc) is 2.85. The van der Waals surface area contributed by atoms with Gasteiger partial charge in [-0.2, -0.15) is 0 Å². The fraction of sp³-hybridized carbons (Fsp3) is 0.462. The fourth-order valence-corrected chi connectivity index (χ4v) is 6.37. The van der Waals surface area contributed by atoms with Crippen molar-refractivity contribution < 1.29 is 48.8 Å². The number of primary amides is 1. The van der Waals surface area contributed by atoms with Gasteiger partial charge in [0, 0.05) is 5.92 Å². The Labute approximate surface area is 222 Å². The smallest absolute Gasteiger partial charge is 0.412 e. The highest BCUT2D eigenvalue weighted by Gasteiger charge is 2.72. The van der Waals surface area contributed by atoms with Gasteiger partial charge in [0.05, 0.1) is 35.2 Å². The van der Waals surface area contributed by atoms with Crippen molar-refractivity contribution in [2.75, 3.05) is 26.0 Å². The Bertz CT molecular complexity index is 1320. The highest BCUT2D eigenvalue weighted by atomic mass is 16.5. The number of fused-ring (bicyclic) bond motifs is 3. The molecular weight excluding hydrogens is 514 g/mol. The number of likely N-dealkylation sites (N-methyl/N-ethyl adjacent to an activating group) is 1. The zero-order valence-corrected chi connectivity index (χ0v) is 21.4. The Morgan fingerprint density at radius 1 is 1.21 bits per heavy atom. The molecule has 2 fully saturated rings. The molecule has 0 radical (unpaired) electrons. The number of nitrogens with two attached hydrogens (primary N) is 1. The second-order valence-corrected chi connectivity index (χ2v) is 10.3. The van der Waals surface area contributed by atoms with Gasteiger partial charge in [0.15, 0.2) is 34.7 Å². The van der Waals surface area contributed by atoms with Crippen LogP contribution in [0.5, 0.6) is 5.75 Å². The van der Waals surface area contributed by atoms with Gasteiger partial charge < -0.3 is 25.8 Å². The molecule has 0 aliphatic heterocycles. The molecule has 39 heavy (non-hydrogen) atoms. The number of phenolic OH excluding ortho intramolecular Hbond substituents is 1. The van der Waals surface area contributed by atoms with Crippen LogP contribution in [0.15, 0.2) is 24.8 Å². The number of anilines is 1. The summed E-state index contributed by atoms with van der Waals surface area (Å²) in [4.78, 5) is 79.5. The molecule has 0 bridgehead atoms. The van der Waals surface area contributed by atoms with E-state index in [1.54, 1.807) is 6.92 Å². The summed E-state index contributed by atoms with van der Waals surface area (Å²) in [5.41, 5.74) is 1.89. The number of nitrogens with zero attached hydrogens (tertiary/aromatic N) is 1. The van der Waals surface area contributed by atoms with E-state index in [4.69, 9.17) is 10.5 Å². The van der Waals surface area contributed by atoms with Crippen LogP contribution in [0.2, 0.25) is 0 Å². The largest absolute Gasteiger partial charge is 0.505 e. The van der Waals surface area contributed by atoms with Gasteiger partial charge in [-0.1, -0.05) is 25.6 Å². The summed E-state index contributed by atoms with van der Waals surface area (Å²) in [7, 11) is 2.83. The van der Waals surface area contributed by atoms with Crippen molar-refractivity contribution in [2.45, 2.75) is 30.6 Å². The molecule has 13 nitrogen and oxygen atoms in total. The molecule has 8 atom stereocenters. The van der Waals surface area contributed by atoms with Crippen LogP contribution in [0.25, 0.3) is 0 Å². The van der Waals surface area contributed by atoms with Gasteiger partial charge in [0.1, 0.15) is 12.4 Å². The van der Waals surface area contributed by atoms with E-state index in [0.717, 1.165) is 0 Å². The predicted molar refractivity (Wildman–Crippen MR) is 133 cm³/mol. The first kappa shape index (κ1) is 28.1. The van der Waals surface area contributed by atoms with E-state index in [1.165, 1.54) is 37.2 Å². The van der Waals surface area contributed by atoms with Crippen LogP contribution in [0.1, 0.15) is 28.8 Å². The summed E-state index contributed by atoms with van der Waals surface area (Å²) < 4.78 is 4.82. The first-order valence-corrected chi connectivity index (χ1v) is 12.1. The maximum Gasteiger partial charge on any atom is 0.412 e. The molecule has 6 N–H and O–H groups in total. The summed E-state index contributed by atoms with van der Waals surface area (Å²) >= 11 is 0. The van der Waals surface area contributed by atoms with Gasteiger partial charge in [-0.3, -0.25) is 34.2 Å². The van der Waals surface area contributed by atoms with E-state index in [-0.39, 0.29) is 23.4 Å². The summed E-state index contributed by atoms with van der Waals surface area (Å²) in [6.07, 6.45) is -1.36. The zero-order valence-electron chi connectivity index (χ0n) is 21.4. The van der Waals surface area contributed by atoms with Gasteiger partial charge in [0.25, 0.3) is 0 Å². The molecule has 0 heterocycles. The number of ketones is 4. The maximum atomic E-state index is 13.9. The van der Waals surface area contributed by atoms with Crippen molar-refractivity contribution in [3.8, 4) is 5.75 Å². The molecule has 1 aromatic carbocycles. The minimum absolute atomic E-state index is 0.125. The second kappa shape index (κ2) is 9.67. The van der Waals surface area contributed by atoms with E-state index in [9.17, 15) is 44.1 Å². The van der Waals surface area contributed by atoms with Gasteiger partial charge in [-0.25, -0.2) is 4.79 Å². The second-order valence-electron chi connectivity index (χ2n) is 10.3. The number of carbonyl (C=O) groups is 6. The molecule has 4 rings (SSSR count). The van der Waals surface area contributed by atoms with Crippen molar-refractivity contribution in [3.63, 3.8) is 0 Å². The molecule has 3 aliphatic rings. The van der Waals surface area contributed by atoms with Crippen molar-refractivity contribution in [1.82, 2.24) is 4.90 Å². The third kappa shape index (κ3) is 3.87. The lowest BCUT2D eigenvalue weighted by atomic mass is 9.49. The maximum absolute atomic E-state index is 13.9. The standard InChI is InChI=1S/C26H29N3O10/c1-5-8-39-25(37)28-11-7-6-10-9(2)12-14(19(31)13(10)18(11)30)22(34)26(38)16(20(12)32)17(29(3)4)21(33)15(23(26)35)24(27)36/h5-7,9,12,14-17,20,30,32,38H,1,8H2,2-4H3,(H2,27,36)(H,28,37)/t9-,12+,14?,15?,16+,17-,20-,26-/m0/s1. The quantitative estimate of drug-likeness (QED) is 0.175. The molecule has 208 valence electrons. The number of Topliss-reactive ketones (excluding diaryl/α,β-unsaturated/α-hetero) is 4. The Balaban J connectivity index is 1.86. The Hall–Kier alpha value is -3.94. The molecule has 1 aromatic rings. The number of hydrogen-bond donors (Lipinski definition) is 5. The van der Waals surface area contributed by atoms with Crippen LogP contribution in [0.3, 0.4) is 0 Å². The first-order chi connectivity index (χ1) is 18.2. The lowest BCUT2D eigenvalue weighted by Gasteiger charge is -2.56. The number of aromatic hydroxyl groups is 1. The number of aliphatic hydroxyl groups excluding tert-OH is 1. The third-order valence-electron chi connectivity index (χ3n) is 8.06. The van der Waals surface area contributed by atoms with E-state index in [1.807, 2.05) is 0 Å². The third-order valence-corrected chi connectivity index (χ3v) is 8.06. The van der Waals surface area contributed by atoms with Crippen LogP contribution in [0, 0.1) is 23.7 Å². The summed E-state index contributed by atoms with van der Waals surface area (Å²) in [5, 5.41) is 36.4. The zero-order chi connectivity index (χ0) is 29.1. The number of carbonyl (C=O) groups excluding carboxylic acids is 6. The molecule has 13 heteroatoms. The number of hydrogen-bond acceptors (Lipinski definition) is 11. The number of amides is 2. The number of rotatable bonds is 5. The van der Waals surface area contributed by atoms with Crippen LogP contribution in [0.4, 0.5) is 10.5 Å². The fourth-order valence-electron chi connectivity index (χ4n) is 6.37. The molecule has 0 spiro atoms. The van der Waals surface area contributed by atoms with Crippen LogP contribution >= 0.6 is 0 Å². The van der Waals surface area contributed by atoms with E-state index in [2.05, 4.69) is 11.9 Å². The van der Waals surface area contributed by atoms with Gasteiger partial charge >= 0.3 is 6.09 Å². The van der Waals surface area contributed by atoms with Crippen molar-refractivity contribution >= 4 is 40.8 Å². The molecular formula is C26H29N3O10. The Morgan fingerprint density at radius 3 is 2.41 bits per heavy atom. The van der Waals surface area contributed by atoms with E-state index in [0.29, 0.717) is 0 Å². The van der Waals surface area contributed by atoms with E-state index < -0.39 is 88.2 Å². The highest BCUT2D eigenvalue weighted by molar-refractivity contribution is 6.32. The highest BCUT2D eigenvalue weighted by Crippen LogP contribution is 2.55. The average molecular weight is 544 g/mol. The van der Waals surface area contributed by atoms with Gasteiger partial charge in [-0.05, 0) is 31.6 Å². The first-order valence-electron chi connectivity index (χ1n) is 12.1. The molecule has 2 unspecified atom stereocenters. The molecule has 2 amide bonds. The molecule has 0 aromatic heterocycles. The molecule has 3 aliphatic carbocycles. The lowest BCUT2D eigenvalue weighted by Crippen LogP contribution is -2.77. The van der Waals surface area contributed by atoms with Gasteiger partial charge in [0.2, 0.25) is 5.91 Å². The minimum atomic E-state index is -3.09. The monoisotopic (exact) mass is 543 g/mol. The number of benzene rings is 1. The topological polar surface area (TPSA) is 214 Å².